The molecular formula is C10H18N2. The first-order valence-electron chi connectivity index (χ1n) is 4.70. The lowest BCUT2D eigenvalue weighted by atomic mass is 9.71. The van der Waals surface area contributed by atoms with Gasteiger partial charge in [-0.1, -0.05) is 6.92 Å². The van der Waals surface area contributed by atoms with Crippen molar-refractivity contribution in [3.8, 4) is 6.07 Å². The maximum absolute atomic E-state index is 9.10. The number of nitriles is 1. The Morgan fingerprint density at radius 1 is 1.50 bits per heavy atom. The van der Waals surface area contributed by atoms with Gasteiger partial charge in [-0.3, -0.25) is 0 Å². The Bertz CT molecular complexity index is 202. The number of hydrogen-bond acceptors (Lipinski definition) is 2. The fourth-order valence-corrected chi connectivity index (χ4v) is 2.11. The first-order chi connectivity index (χ1) is 5.54. The highest BCUT2D eigenvalue weighted by atomic mass is 15.0. The largest absolute Gasteiger partial charge is 0.312 e. The number of nitrogens with zero attached hydrogens (tertiary/aromatic N) is 1. The lowest BCUT2D eigenvalue weighted by molar-refractivity contribution is 0.168. The maximum Gasteiger partial charge on any atom is 0.0690 e. The number of nitrogens with one attached hydrogen (secondary N) is 1. The third kappa shape index (κ3) is 1.78. The SMILES string of the molecule is CCC1(C#N)CCNC(C)(C)C1. The van der Waals surface area contributed by atoms with Crippen LogP contribution in [0.2, 0.25) is 0 Å². The number of rotatable bonds is 1. The fraction of sp³-hybridized carbons (Fsp3) is 0.900. The van der Waals surface area contributed by atoms with Crippen LogP contribution in [0.4, 0.5) is 0 Å². The summed E-state index contributed by atoms with van der Waals surface area (Å²) in [7, 11) is 0. The summed E-state index contributed by atoms with van der Waals surface area (Å²) in [5, 5.41) is 12.5. The minimum atomic E-state index is -0.0608. The molecule has 1 fully saturated rings. The number of piperidine rings is 1. The van der Waals surface area contributed by atoms with Crippen molar-refractivity contribution in [2.75, 3.05) is 6.54 Å². The molecule has 1 unspecified atom stereocenters. The lowest BCUT2D eigenvalue weighted by Crippen LogP contribution is -2.50. The summed E-state index contributed by atoms with van der Waals surface area (Å²) >= 11 is 0. The van der Waals surface area contributed by atoms with Gasteiger partial charge in [-0.2, -0.15) is 5.26 Å². The van der Waals surface area contributed by atoms with Gasteiger partial charge in [0.05, 0.1) is 11.5 Å². The minimum Gasteiger partial charge on any atom is -0.312 e. The Morgan fingerprint density at radius 3 is 2.50 bits per heavy atom. The average Bonchev–Trinajstić information content (AvgIpc) is 2.02. The third-order valence-corrected chi connectivity index (χ3v) is 2.90. The van der Waals surface area contributed by atoms with Gasteiger partial charge in [-0.25, -0.2) is 0 Å². The first-order valence-corrected chi connectivity index (χ1v) is 4.70. The first kappa shape index (κ1) is 9.54. The summed E-state index contributed by atoms with van der Waals surface area (Å²) < 4.78 is 0. The molecule has 2 nitrogen and oxygen atoms in total. The topological polar surface area (TPSA) is 35.8 Å². The Labute approximate surface area is 75.0 Å². The van der Waals surface area contributed by atoms with Crippen LogP contribution >= 0.6 is 0 Å². The van der Waals surface area contributed by atoms with Crippen molar-refractivity contribution < 1.29 is 0 Å². The van der Waals surface area contributed by atoms with Crippen LogP contribution in [0.25, 0.3) is 0 Å². The van der Waals surface area contributed by atoms with Gasteiger partial charge >= 0.3 is 0 Å². The van der Waals surface area contributed by atoms with E-state index < -0.39 is 0 Å². The summed E-state index contributed by atoms with van der Waals surface area (Å²) in [5.74, 6) is 0. The fourth-order valence-electron chi connectivity index (χ4n) is 2.11. The highest BCUT2D eigenvalue weighted by Gasteiger charge is 2.38. The summed E-state index contributed by atoms with van der Waals surface area (Å²) in [6, 6.07) is 2.48. The molecule has 1 rings (SSSR count). The quantitative estimate of drug-likeness (QED) is 0.647. The van der Waals surface area contributed by atoms with Crippen molar-refractivity contribution in [1.82, 2.24) is 5.32 Å². The second kappa shape index (κ2) is 3.06. The van der Waals surface area contributed by atoms with Crippen molar-refractivity contribution in [3.05, 3.63) is 0 Å². The van der Waals surface area contributed by atoms with Crippen molar-refractivity contribution in [1.29, 1.82) is 5.26 Å². The molecule has 0 aromatic carbocycles. The second-order valence-electron chi connectivity index (χ2n) is 4.48. The molecule has 2 heteroatoms. The normalized spacial score (nSPS) is 34.2. The van der Waals surface area contributed by atoms with E-state index in [0.29, 0.717) is 0 Å². The van der Waals surface area contributed by atoms with Crippen molar-refractivity contribution in [2.24, 2.45) is 5.41 Å². The van der Waals surface area contributed by atoms with E-state index in [1.54, 1.807) is 0 Å². The van der Waals surface area contributed by atoms with Gasteiger partial charge in [0.2, 0.25) is 0 Å². The zero-order chi connectivity index (χ0) is 9.24. The molecule has 68 valence electrons. The lowest BCUT2D eigenvalue weighted by Gasteiger charge is -2.41. The van der Waals surface area contributed by atoms with Gasteiger partial charge in [0.25, 0.3) is 0 Å². The van der Waals surface area contributed by atoms with E-state index in [1.165, 1.54) is 0 Å². The molecule has 0 aromatic rings. The molecular weight excluding hydrogens is 148 g/mol. The molecule has 0 spiro atoms. The van der Waals surface area contributed by atoms with Crippen molar-refractivity contribution in [3.63, 3.8) is 0 Å². The van der Waals surface area contributed by atoms with Crippen LogP contribution in [0.1, 0.15) is 40.0 Å². The molecule has 0 amide bonds. The van der Waals surface area contributed by atoms with Gasteiger partial charge in [-0.05, 0) is 39.7 Å². The molecule has 0 radical (unpaired) electrons. The van der Waals surface area contributed by atoms with E-state index in [0.717, 1.165) is 25.8 Å². The van der Waals surface area contributed by atoms with Crippen LogP contribution in [-0.2, 0) is 0 Å². The summed E-state index contributed by atoms with van der Waals surface area (Å²) in [6.07, 6.45) is 2.96. The molecule has 1 aliphatic rings. The number of hydrogen-bond donors (Lipinski definition) is 1. The molecule has 1 N–H and O–H groups in total. The van der Waals surface area contributed by atoms with E-state index in [1.807, 2.05) is 0 Å². The van der Waals surface area contributed by atoms with E-state index >= 15 is 0 Å². The van der Waals surface area contributed by atoms with Crippen molar-refractivity contribution in [2.45, 2.75) is 45.6 Å². The molecule has 1 saturated heterocycles. The van der Waals surface area contributed by atoms with Crippen LogP contribution in [0.3, 0.4) is 0 Å². The molecule has 1 aliphatic heterocycles. The zero-order valence-corrected chi connectivity index (χ0v) is 8.28. The van der Waals surface area contributed by atoms with E-state index in [9.17, 15) is 0 Å². The molecule has 12 heavy (non-hydrogen) atoms. The zero-order valence-electron chi connectivity index (χ0n) is 8.28. The van der Waals surface area contributed by atoms with E-state index in [4.69, 9.17) is 5.26 Å². The predicted octanol–water partition coefficient (Wildman–Crippen LogP) is 2.07. The molecule has 0 aromatic heterocycles. The van der Waals surface area contributed by atoms with Crippen LogP contribution in [0.5, 0.6) is 0 Å². The standard InChI is InChI=1S/C10H18N2/c1-4-10(8-11)5-6-12-9(2,3)7-10/h12H,4-7H2,1-3H3. The van der Waals surface area contributed by atoms with Gasteiger partial charge in [-0.15, -0.1) is 0 Å². The average molecular weight is 166 g/mol. The van der Waals surface area contributed by atoms with Gasteiger partial charge < -0.3 is 5.32 Å². The summed E-state index contributed by atoms with van der Waals surface area (Å²) in [6.45, 7) is 7.45. The van der Waals surface area contributed by atoms with Crippen LogP contribution < -0.4 is 5.32 Å². The highest BCUT2D eigenvalue weighted by molar-refractivity contribution is 5.05. The molecule has 0 aliphatic carbocycles. The van der Waals surface area contributed by atoms with Crippen molar-refractivity contribution >= 4 is 0 Å². The van der Waals surface area contributed by atoms with Gasteiger partial charge in [0.1, 0.15) is 0 Å². The molecule has 1 heterocycles. The minimum absolute atomic E-state index is 0.0608. The third-order valence-electron chi connectivity index (χ3n) is 2.90. The Kier molecular flexibility index (Phi) is 2.44. The molecule has 1 atom stereocenters. The van der Waals surface area contributed by atoms with E-state index in [2.05, 4.69) is 32.2 Å². The second-order valence-corrected chi connectivity index (χ2v) is 4.48. The van der Waals surface area contributed by atoms with Crippen LogP contribution in [0.15, 0.2) is 0 Å². The molecule has 0 bridgehead atoms. The summed E-state index contributed by atoms with van der Waals surface area (Å²) in [4.78, 5) is 0. The monoisotopic (exact) mass is 166 g/mol. The Balaban J connectivity index is 2.74. The Hall–Kier alpha value is -0.550. The summed E-state index contributed by atoms with van der Waals surface area (Å²) in [5.41, 5.74) is 0.0821. The van der Waals surface area contributed by atoms with E-state index in [-0.39, 0.29) is 11.0 Å². The predicted molar refractivity (Wildman–Crippen MR) is 49.7 cm³/mol. The Morgan fingerprint density at radius 2 is 2.17 bits per heavy atom. The van der Waals surface area contributed by atoms with Crippen LogP contribution in [0, 0.1) is 16.7 Å². The van der Waals surface area contributed by atoms with Gasteiger partial charge in [0, 0.05) is 5.54 Å². The maximum atomic E-state index is 9.10. The van der Waals surface area contributed by atoms with Gasteiger partial charge in [0.15, 0.2) is 0 Å². The molecule has 0 saturated carbocycles. The highest BCUT2D eigenvalue weighted by Crippen LogP contribution is 2.37. The van der Waals surface area contributed by atoms with Crippen LogP contribution in [-0.4, -0.2) is 12.1 Å². The smallest absolute Gasteiger partial charge is 0.0690 e.